The summed E-state index contributed by atoms with van der Waals surface area (Å²) in [6, 6.07) is 17.3. The van der Waals surface area contributed by atoms with Crippen molar-refractivity contribution in [1.29, 1.82) is 0 Å². The van der Waals surface area contributed by atoms with Crippen LogP contribution in [0, 0.1) is 12.8 Å². The van der Waals surface area contributed by atoms with Crippen LogP contribution in [0.2, 0.25) is 0 Å². The van der Waals surface area contributed by atoms with Gasteiger partial charge in [-0.15, -0.1) is 0 Å². The van der Waals surface area contributed by atoms with Gasteiger partial charge in [0.15, 0.2) is 0 Å². The molecule has 2 atom stereocenters. The van der Waals surface area contributed by atoms with Gasteiger partial charge in [0.1, 0.15) is 0 Å². The van der Waals surface area contributed by atoms with Crippen molar-refractivity contribution in [3.05, 3.63) is 70.8 Å². The first kappa shape index (κ1) is 19.8. The topological polar surface area (TPSA) is 43.4 Å². The van der Waals surface area contributed by atoms with Crippen LogP contribution >= 0.6 is 0 Å². The average Bonchev–Trinajstić information content (AvgIpc) is 2.54. The number of aliphatic carboxylic acids is 1. The fraction of sp³-hybridized carbons (Fsp3) is 0.381. The van der Waals surface area contributed by atoms with E-state index in [1.54, 1.807) is 0 Å². The minimum Gasteiger partial charge on any atom is -0.549 e. The summed E-state index contributed by atoms with van der Waals surface area (Å²) in [6.45, 7) is 2.89. The van der Waals surface area contributed by atoms with E-state index in [1.165, 1.54) is 22.3 Å². The molecule has 0 aromatic heterocycles. The van der Waals surface area contributed by atoms with E-state index in [9.17, 15) is 9.90 Å². The SMILES string of the molecule is Cc1ccc2c(c1)CC[C@H](CN(C)CC(=O)[O-])[C@@H]2c1ccccc1.[Li+]. The summed E-state index contributed by atoms with van der Waals surface area (Å²) in [5.41, 5.74) is 5.44. The van der Waals surface area contributed by atoms with Gasteiger partial charge in [0.05, 0.1) is 5.97 Å². The van der Waals surface area contributed by atoms with Gasteiger partial charge in [-0.05, 0) is 49.4 Å². The second kappa shape index (κ2) is 8.72. The van der Waals surface area contributed by atoms with Crippen LogP contribution in [0.1, 0.15) is 34.6 Å². The predicted molar refractivity (Wildman–Crippen MR) is 93.8 cm³/mol. The number of aryl methyl sites for hydroxylation is 2. The summed E-state index contributed by atoms with van der Waals surface area (Å²) in [5, 5.41) is 10.9. The molecule has 0 unspecified atom stereocenters. The van der Waals surface area contributed by atoms with Gasteiger partial charge in [0.2, 0.25) is 0 Å². The minimum atomic E-state index is -1.01. The molecule has 1 aliphatic rings. The Labute approximate surface area is 162 Å². The van der Waals surface area contributed by atoms with E-state index in [0.29, 0.717) is 11.8 Å². The molecule has 3 nitrogen and oxygen atoms in total. The van der Waals surface area contributed by atoms with Gasteiger partial charge in [-0.2, -0.15) is 0 Å². The fourth-order valence-electron chi connectivity index (χ4n) is 4.01. The van der Waals surface area contributed by atoms with Crippen molar-refractivity contribution in [2.75, 3.05) is 20.1 Å². The van der Waals surface area contributed by atoms with Gasteiger partial charge in [-0.25, -0.2) is 0 Å². The van der Waals surface area contributed by atoms with Crippen molar-refractivity contribution in [3.8, 4) is 0 Å². The molecule has 0 fully saturated rings. The number of carbonyl (C=O) groups is 1. The van der Waals surface area contributed by atoms with Crippen molar-refractivity contribution in [3.63, 3.8) is 0 Å². The third-order valence-corrected chi connectivity index (χ3v) is 4.99. The van der Waals surface area contributed by atoms with Crippen LogP contribution < -0.4 is 24.0 Å². The number of hydrogen-bond donors (Lipinski definition) is 0. The van der Waals surface area contributed by atoms with Crippen LogP contribution in [0.25, 0.3) is 0 Å². The Kier molecular flexibility index (Phi) is 6.90. The van der Waals surface area contributed by atoms with Crippen LogP contribution in [0.5, 0.6) is 0 Å². The van der Waals surface area contributed by atoms with Gasteiger partial charge >= 0.3 is 18.9 Å². The van der Waals surface area contributed by atoms with E-state index in [4.69, 9.17) is 0 Å². The molecule has 0 saturated heterocycles. The molecule has 0 spiro atoms. The normalized spacial score (nSPS) is 19.2. The zero-order valence-electron chi connectivity index (χ0n) is 15.4. The molecule has 0 bridgehead atoms. The first-order valence-electron chi connectivity index (χ1n) is 8.57. The van der Waals surface area contributed by atoms with Gasteiger partial charge in [-0.1, -0.05) is 54.1 Å². The van der Waals surface area contributed by atoms with Crippen LogP contribution in [0.3, 0.4) is 0 Å². The van der Waals surface area contributed by atoms with Crippen LogP contribution in [0.15, 0.2) is 48.5 Å². The number of benzene rings is 2. The van der Waals surface area contributed by atoms with E-state index < -0.39 is 5.97 Å². The zero-order valence-corrected chi connectivity index (χ0v) is 15.4. The minimum absolute atomic E-state index is 0. The molecule has 0 N–H and O–H groups in total. The third-order valence-electron chi connectivity index (χ3n) is 4.99. The molecule has 2 aromatic carbocycles. The molecular weight excluding hydrogens is 305 g/mol. The summed E-state index contributed by atoms with van der Waals surface area (Å²) in [6.07, 6.45) is 2.14. The first-order chi connectivity index (χ1) is 11.5. The Hall–Kier alpha value is -1.53. The summed E-state index contributed by atoms with van der Waals surface area (Å²) >= 11 is 0. The maximum absolute atomic E-state index is 10.9. The number of carbonyl (C=O) groups excluding carboxylic acids is 1. The molecule has 0 radical (unpaired) electrons. The Bertz CT molecular complexity index is 717. The molecule has 0 amide bonds. The third kappa shape index (κ3) is 4.76. The molecule has 0 heterocycles. The Morgan fingerprint density at radius 2 is 1.92 bits per heavy atom. The molecule has 25 heavy (non-hydrogen) atoms. The zero-order chi connectivity index (χ0) is 17.1. The van der Waals surface area contributed by atoms with Gasteiger partial charge in [0, 0.05) is 19.0 Å². The van der Waals surface area contributed by atoms with E-state index in [0.717, 1.165) is 19.4 Å². The average molecular weight is 329 g/mol. The standard InChI is InChI=1S/C21H25NO2.Li/c1-15-8-11-19-17(12-15)9-10-18(13-22(2)14-20(23)24)21(19)16-6-4-3-5-7-16;/h3-8,11-12,18,21H,9-10,13-14H2,1-2H3,(H,23,24);/q;+1/p-1/t18-,21+;/m1./s1. The second-order valence-electron chi connectivity index (χ2n) is 6.96. The Balaban J connectivity index is 0.00000225. The van der Waals surface area contributed by atoms with E-state index in [2.05, 4.69) is 49.4 Å². The maximum atomic E-state index is 10.9. The van der Waals surface area contributed by atoms with Crippen LogP contribution in [-0.2, 0) is 11.2 Å². The predicted octanol–water partition coefficient (Wildman–Crippen LogP) is -0.625. The smallest absolute Gasteiger partial charge is 0.549 e. The number of carboxylic acids is 1. The fourth-order valence-corrected chi connectivity index (χ4v) is 4.01. The Morgan fingerprint density at radius 3 is 2.60 bits per heavy atom. The number of carboxylic acid groups (broad SMARTS) is 1. The van der Waals surface area contributed by atoms with E-state index in [-0.39, 0.29) is 25.4 Å². The molecule has 126 valence electrons. The molecule has 3 rings (SSSR count). The largest absolute Gasteiger partial charge is 1.00 e. The molecule has 0 saturated carbocycles. The summed E-state index contributed by atoms with van der Waals surface area (Å²) in [5.74, 6) is -0.285. The molecule has 2 aromatic rings. The first-order valence-corrected chi connectivity index (χ1v) is 8.57. The molecule has 0 aliphatic heterocycles. The van der Waals surface area contributed by atoms with Crippen LogP contribution in [-0.4, -0.2) is 31.0 Å². The number of rotatable bonds is 5. The van der Waals surface area contributed by atoms with Gasteiger partial charge in [0.25, 0.3) is 0 Å². The summed E-state index contributed by atoms with van der Waals surface area (Å²) in [4.78, 5) is 12.8. The van der Waals surface area contributed by atoms with E-state index >= 15 is 0 Å². The van der Waals surface area contributed by atoms with Crippen molar-refractivity contribution >= 4 is 5.97 Å². The number of hydrogen-bond acceptors (Lipinski definition) is 3. The molecule has 4 heteroatoms. The summed E-state index contributed by atoms with van der Waals surface area (Å²) < 4.78 is 0. The summed E-state index contributed by atoms with van der Waals surface area (Å²) in [7, 11) is 1.86. The monoisotopic (exact) mass is 329 g/mol. The van der Waals surface area contributed by atoms with Gasteiger partial charge in [-0.3, -0.25) is 0 Å². The van der Waals surface area contributed by atoms with Crippen molar-refractivity contribution < 1.29 is 28.8 Å². The van der Waals surface area contributed by atoms with Gasteiger partial charge < -0.3 is 14.8 Å². The Morgan fingerprint density at radius 1 is 1.20 bits per heavy atom. The number of nitrogens with zero attached hydrogens (tertiary/aromatic N) is 1. The molecular formula is C21H24LiNO2. The van der Waals surface area contributed by atoms with Crippen LogP contribution in [0.4, 0.5) is 0 Å². The van der Waals surface area contributed by atoms with Crippen molar-refractivity contribution in [2.45, 2.75) is 25.7 Å². The second-order valence-corrected chi connectivity index (χ2v) is 6.96. The molecule has 1 aliphatic carbocycles. The van der Waals surface area contributed by atoms with E-state index in [1.807, 2.05) is 18.0 Å². The number of fused-ring (bicyclic) bond motifs is 1. The van der Waals surface area contributed by atoms with Crippen molar-refractivity contribution in [1.82, 2.24) is 4.90 Å². The quantitative estimate of drug-likeness (QED) is 0.687. The maximum Gasteiger partial charge on any atom is 1.00 e. The van der Waals surface area contributed by atoms with Crippen molar-refractivity contribution in [2.24, 2.45) is 5.92 Å². The number of likely N-dealkylation sites (N-methyl/N-ethyl adjacent to an activating group) is 1.